The van der Waals surface area contributed by atoms with Crippen molar-refractivity contribution in [2.75, 3.05) is 7.05 Å². The molecule has 0 saturated heterocycles. The molecule has 0 saturated carbocycles. The van der Waals surface area contributed by atoms with Crippen molar-refractivity contribution in [3.8, 4) is 5.69 Å². The second kappa shape index (κ2) is 5.16. The molecule has 3 aromatic rings. The summed E-state index contributed by atoms with van der Waals surface area (Å²) in [6.07, 6.45) is 0. The topological polar surface area (TPSA) is 78.0 Å². The third-order valence-electron chi connectivity index (χ3n) is 3.42. The van der Waals surface area contributed by atoms with Gasteiger partial charge in [-0.1, -0.05) is 12.1 Å². The lowest BCUT2D eigenvalue weighted by molar-refractivity contribution is 0.103. The molecule has 1 aliphatic heterocycles. The summed E-state index contributed by atoms with van der Waals surface area (Å²) in [7, 11) is 1.50. The largest absolute Gasteiger partial charge is 0.333 e. The van der Waals surface area contributed by atoms with Crippen molar-refractivity contribution in [2.24, 2.45) is 5.73 Å². The number of rotatable bonds is 0. The third kappa shape index (κ3) is 1.85. The number of ketones is 1. The minimum Gasteiger partial charge on any atom is -0.333 e. The van der Waals surface area contributed by atoms with Gasteiger partial charge in [0.2, 0.25) is 5.78 Å². The van der Waals surface area contributed by atoms with E-state index in [1.165, 1.54) is 23.7 Å². The van der Waals surface area contributed by atoms with Crippen molar-refractivity contribution in [2.45, 2.75) is 0 Å². The van der Waals surface area contributed by atoms with Crippen LogP contribution in [0.25, 0.3) is 16.6 Å². The lowest BCUT2D eigenvalue weighted by Gasteiger charge is -2.05. The number of hydrogen-bond donors (Lipinski definition) is 1. The van der Waals surface area contributed by atoms with E-state index < -0.39 is 11.4 Å². The van der Waals surface area contributed by atoms with E-state index in [0.29, 0.717) is 16.8 Å². The summed E-state index contributed by atoms with van der Waals surface area (Å²) in [5.41, 5.74) is 5.33. The van der Waals surface area contributed by atoms with Crippen molar-refractivity contribution in [3.05, 3.63) is 70.0 Å². The predicted octanol–water partition coefficient (Wildman–Crippen LogP) is 1.64. The smallest absolute Gasteiger partial charge is 0.266 e. The van der Waals surface area contributed by atoms with E-state index in [1.807, 2.05) is 0 Å². The maximum absolute atomic E-state index is 13.3. The van der Waals surface area contributed by atoms with Crippen LogP contribution in [0.1, 0.15) is 16.2 Å². The van der Waals surface area contributed by atoms with Crippen molar-refractivity contribution in [1.29, 1.82) is 0 Å². The summed E-state index contributed by atoms with van der Waals surface area (Å²) in [5, 5.41) is 0.165. The highest BCUT2D eigenvalue weighted by Crippen LogP contribution is 2.25. The van der Waals surface area contributed by atoms with Crippen LogP contribution in [-0.2, 0) is 0 Å². The molecule has 2 aromatic carbocycles. The monoisotopic (exact) mass is 297 g/mol. The maximum atomic E-state index is 13.3. The van der Waals surface area contributed by atoms with Gasteiger partial charge in [-0.05, 0) is 37.4 Å². The average Bonchev–Trinajstić information content (AvgIpc) is 2.84. The lowest BCUT2D eigenvalue weighted by Crippen LogP contribution is -2.21. The molecule has 6 heteroatoms. The number of aromatic nitrogens is 2. The standard InChI is InChI=1S/C15H7FN2O2.CH5N/c16-8-5-6-11-10(7-8)15(20)18-12-4-2-1-3-9(12)13(19)14(18)17-11;1-2/h1-7H;2H2,1H3. The fourth-order valence-electron chi connectivity index (χ4n) is 2.51. The number of para-hydroxylation sites is 1. The zero-order chi connectivity index (χ0) is 15.9. The molecule has 0 unspecified atom stereocenters. The van der Waals surface area contributed by atoms with Crippen LogP contribution in [0.5, 0.6) is 0 Å². The fraction of sp³-hybridized carbons (Fsp3) is 0.0625. The van der Waals surface area contributed by atoms with E-state index in [-0.39, 0.29) is 17.0 Å². The molecule has 5 nitrogen and oxygen atoms in total. The maximum Gasteiger partial charge on any atom is 0.266 e. The van der Waals surface area contributed by atoms with Crippen LogP contribution >= 0.6 is 0 Å². The van der Waals surface area contributed by atoms with Crippen molar-refractivity contribution >= 4 is 16.7 Å². The number of fused-ring (bicyclic) bond motifs is 4. The van der Waals surface area contributed by atoms with E-state index in [9.17, 15) is 14.0 Å². The van der Waals surface area contributed by atoms with E-state index in [1.54, 1.807) is 24.3 Å². The van der Waals surface area contributed by atoms with Crippen LogP contribution in [0, 0.1) is 5.82 Å². The lowest BCUT2D eigenvalue weighted by atomic mass is 10.1. The van der Waals surface area contributed by atoms with Crippen LogP contribution < -0.4 is 11.3 Å². The SMILES string of the molecule is CN.O=C1c2ccccc2-n2c1nc1ccc(F)cc1c2=O. The Bertz CT molecular complexity index is 963. The molecule has 0 bridgehead atoms. The Morgan fingerprint density at radius 1 is 1.09 bits per heavy atom. The first kappa shape index (κ1) is 14.1. The first-order valence-corrected chi connectivity index (χ1v) is 6.61. The van der Waals surface area contributed by atoms with Gasteiger partial charge in [0.05, 0.1) is 22.2 Å². The number of carbonyl (C=O) groups is 1. The van der Waals surface area contributed by atoms with Gasteiger partial charge in [0, 0.05) is 0 Å². The van der Waals surface area contributed by atoms with Crippen molar-refractivity contribution < 1.29 is 9.18 Å². The van der Waals surface area contributed by atoms with Gasteiger partial charge in [-0.15, -0.1) is 0 Å². The molecular weight excluding hydrogens is 285 g/mol. The van der Waals surface area contributed by atoms with Gasteiger partial charge >= 0.3 is 0 Å². The van der Waals surface area contributed by atoms with E-state index in [0.717, 1.165) is 6.07 Å². The average molecular weight is 297 g/mol. The second-order valence-electron chi connectivity index (χ2n) is 4.58. The Kier molecular flexibility index (Phi) is 3.30. The predicted molar refractivity (Wildman–Crippen MR) is 80.8 cm³/mol. The highest BCUT2D eigenvalue weighted by molar-refractivity contribution is 6.13. The molecular formula is C16H12FN3O2. The minimum absolute atomic E-state index is 0.0790. The van der Waals surface area contributed by atoms with Crippen LogP contribution in [0.4, 0.5) is 4.39 Å². The molecule has 0 amide bonds. The number of hydrogen-bond acceptors (Lipinski definition) is 4. The summed E-state index contributed by atoms with van der Waals surface area (Å²) < 4.78 is 14.5. The number of nitrogens with two attached hydrogens (primary N) is 1. The molecule has 110 valence electrons. The van der Waals surface area contributed by atoms with Crippen LogP contribution in [0.15, 0.2) is 47.3 Å². The minimum atomic E-state index is -0.505. The fourth-order valence-corrected chi connectivity index (χ4v) is 2.51. The van der Waals surface area contributed by atoms with Gasteiger partial charge in [-0.3, -0.25) is 14.2 Å². The molecule has 1 aromatic heterocycles. The normalized spacial score (nSPS) is 11.7. The van der Waals surface area contributed by atoms with Crippen molar-refractivity contribution in [3.63, 3.8) is 0 Å². The Labute approximate surface area is 124 Å². The van der Waals surface area contributed by atoms with Crippen LogP contribution in [0.2, 0.25) is 0 Å². The number of carbonyl (C=O) groups excluding carboxylic acids is 1. The highest BCUT2D eigenvalue weighted by Gasteiger charge is 2.29. The Hall–Kier alpha value is -2.86. The summed E-state index contributed by atoms with van der Waals surface area (Å²) in [4.78, 5) is 28.9. The number of benzene rings is 2. The molecule has 2 N–H and O–H groups in total. The van der Waals surface area contributed by atoms with Gasteiger partial charge in [-0.25, -0.2) is 9.37 Å². The van der Waals surface area contributed by atoms with Gasteiger partial charge < -0.3 is 5.73 Å². The first-order valence-electron chi connectivity index (χ1n) is 6.61. The second-order valence-corrected chi connectivity index (χ2v) is 4.58. The zero-order valence-electron chi connectivity index (χ0n) is 11.7. The third-order valence-corrected chi connectivity index (χ3v) is 3.42. The number of halogens is 1. The quantitative estimate of drug-likeness (QED) is 0.535. The molecule has 1 aliphatic rings. The molecule has 0 atom stereocenters. The molecule has 2 heterocycles. The molecule has 0 fully saturated rings. The van der Waals surface area contributed by atoms with E-state index >= 15 is 0 Å². The van der Waals surface area contributed by atoms with Gasteiger partial charge in [-0.2, -0.15) is 0 Å². The molecule has 22 heavy (non-hydrogen) atoms. The Morgan fingerprint density at radius 3 is 2.59 bits per heavy atom. The Balaban J connectivity index is 0.000000693. The van der Waals surface area contributed by atoms with Gasteiger partial charge in [0.1, 0.15) is 5.82 Å². The molecule has 0 aliphatic carbocycles. The summed E-state index contributed by atoms with van der Waals surface area (Å²) in [6, 6.07) is 10.6. The zero-order valence-corrected chi connectivity index (χ0v) is 11.7. The highest BCUT2D eigenvalue weighted by atomic mass is 19.1. The van der Waals surface area contributed by atoms with E-state index in [2.05, 4.69) is 10.7 Å². The van der Waals surface area contributed by atoms with E-state index in [4.69, 9.17) is 0 Å². The van der Waals surface area contributed by atoms with Crippen LogP contribution in [0.3, 0.4) is 0 Å². The van der Waals surface area contributed by atoms with Gasteiger partial charge in [0.25, 0.3) is 5.56 Å². The van der Waals surface area contributed by atoms with Crippen LogP contribution in [-0.4, -0.2) is 22.4 Å². The summed E-state index contributed by atoms with van der Waals surface area (Å²) >= 11 is 0. The summed E-state index contributed by atoms with van der Waals surface area (Å²) in [6.45, 7) is 0. The number of nitrogens with zero attached hydrogens (tertiary/aromatic N) is 2. The first-order chi connectivity index (χ1) is 10.7. The Morgan fingerprint density at radius 2 is 1.82 bits per heavy atom. The molecule has 4 rings (SSSR count). The summed E-state index contributed by atoms with van der Waals surface area (Å²) in [5.74, 6) is -0.714. The van der Waals surface area contributed by atoms with Crippen molar-refractivity contribution in [1.82, 2.24) is 9.55 Å². The molecule has 0 radical (unpaired) electrons. The molecule has 0 spiro atoms. The van der Waals surface area contributed by atoms with Gasteiger partial charge in [0.15, 0.2) is 5.82 Å².